The van der Waals surface area contributed by atoms with E-state index in [1.54, 1.807) is 0 Å². The number of hydrogen-bond donors (Lipinski definition) is 0. The van der Waals surface area contributed by atoms with Gasteiger partial charge in [-0.25, -0.2) is 0 Å². The van der Waals surface area contributed by atoms with Crippen LogP contribution in [0.2, 0.25) is 16.9 Å². The van der Waals surface area contributed by atoms with Gasteiger partial charge in [0.15, 0.2) is 6.71 Å². The van der Waals surface area contributed by atoms with E-state index >= 15 is 0 Å². The fourth-order valence-electron chi connectivity index (χ4n) is 3.04. The van der Waals surface area contributed by atoms with Crippen LogP contribution in [-0.2, 0) is 0 Å². The molecule has 62 valence electrons. The van der Waals surface area contributed by atoms with Gasteiger partial charge < -0.3 is 0 Å². The quantitative estimate of drug-likeness (QED) is 0.528. The number of fused-ring (bicyclic) bond motifs is 1. The molecule has 1 heteroatoms. The number of rotatable bonds is 2. The molecule has 1 aliphatic heterocycles. The highest BCUT2D eigenvalue weighted by Gasteiger charge is 2.82. The SMILES string of the molecule is CCC(C)(C)B1C2C1C2(C)C. The first-order valence-corrected chi connectivity index (χ1v) is 4.93. The third-order valence-corrected chi connectivity index (χ3v) is 4.44. The topological polar surface area (TPSA) is 0 Å². The van der Waals surface area contributed by atoms with Crippen LogP contribution >= 0.6 is 0 Å². The molecule has 0 N–H and O–H groups in total. The summed E-state index contributed by atoms with van der Waals surface area (Å²) in [5.41, 5.74) is 0.733. The molecular formula is C10H19B. The van der Waals surface area contributed by atoms with E-state index in [1.807, 2.05) is 0 Å². The Morgan fingerprint density at radius 1 is 1.27 bits per heavy atom. The Labute approximate surface area is 70.8 Å². The van der Waals surface area contributed by atoms with Crippen molar-refractivity contribution in [2.75, 3.05) is 0 Å². The summed E-state index contributed by atoms with van der Waals surface area (Å²) in [5, 5.41) is 0.630. The van der Waals surface area contributed by atoms with Gasteiger partial charge >= 0.3 is 0 Å². The van der Waals surface area contributed by atoms with Gasteiger partial charge in [0.1, 0.15) is 0 Å². The van der Waals surface area contributed by atoms with Gasteiger partial charge in [0.25, 0.3) is 0 Å². The maximum absolute atomic E-state index is 2.43. The molecule has 2 aliphatic rings. The minimum Gasteiger partial charge on any atom is -0.0665 e. The average Bonchev–Trinajstić information content (AvgIpc) is 2.72. The van der Waals surface area contributed by atoms with Crippen LogP contribution < -0.4 is 0 Å². The molecule has 0 aromatic carbocycles. The molecule has 0 aromatic heterocycles. The Balaban J connectivity index is 1.97. The van der Waals surface area contributed by atoms with Gasteiger partial charge in [0.05, 0.1) is 0 Å². The molecule has 0 nitrogen and oxygen atoms in total. The molecular weight excluding hydrogens is 131 g/mol. The molecule has 1 aliphatic carbocycles. The summed E-state index contributed by atoms with van der Waals surface area (Å²) in [5.74, 6) is 2.19. The summed E-state index contributed by atoms with van der Waals surface area (Å²) in [7, 11) is 0. The Bertz CT molecular complexity index is 181. The molecule has 0 spiro atoms. The third-order valence-electron chi connectivity index (χ3n) is 4.44. The summed E-state index contributed by atoms with van der Waals surface area (Å²) >= 11 is 0. The predicted octanol–water partition coefficient (Wildman–Crippen LogP) is 3.47. The summed E-state index contributed by atoms with van der Waals surface area (Å²) in [6, 6.07) is 0. The molecule has 2 rings (SSSR count). The Kier molecular flexibility index (Phi) is 1.19. The van der Waals surface area contributed by atoms with Crippen LogP contribution in [0.3, 0.4) is 0 Å². The zero-order valence-corrected chi connectivity index (χ0v) is 8.44. The lowest BCUT2D eigenvalue weighted by atomic mass is 9.36. The molecule has 2 atom stereocenters. The maximum atomic E-state index is 2.43. The zero-order valence-electron chi connectivity index (χ0n) is 8.44. The summed E-state index contributed by atoms with van der Waals surface area (Å²) in [6.07, 6.45) is 1.35. The van der Waals surface area contributed by atoms with Crippen LogP contribution in [0.1, 0.15) is 41.0 Å². The largest absolute Gasteiger partial charge is 0.152 e. The van der Waals surface area contributed by atoms with Gasteiger partial charge in [-0.1, -0.05) is 58.0 Å². The second-order valence-corrected chi connectivity index (χ2v) is 5.74. The van der Waals surface area contributed by atoms with Crippen LogP contribution in [0.4, 0.5) is 0 Å². The first kappa shape index (κ1) is 7.70. The summed E-state index contributed by atoms with van der Waals surface area (Å²) < 4.78 is 0. The van der Waals surface area contributed by atoms with E-state index in [9.17, 15) is 0 Å². The molecule has 0 radical (unpaired) electrons. The molecule has 0 amide bonds. The van der Waals surface area contributed by atoms with E-state index in [0.717, 1.165) is 23.8 Å². The van der Waals surface area contributed by atoms with Gasteiger partial charge in [0, 0.05) is 0 Å². The van der Waals surface area contributed by atoms with E-state index in [-0.39, 0.29) is 0 Å². The van der Waals surface area contributed by atoms with Crippen molar-refractivity contribution in [1.29, 1.82) is 0 Å². The maximum Gasteiger partial charge on any atom is 0.152 e. The molecule has 1 saturated heterocycles. The van der Waals surface area contributed by atoms with E-state index in [1.165, 1.54) is 6.42 Å². The molecule has 11 heavy (non-hydrogen) atoms. The van der Waals surface area contributed by atoms with E-state index in [4.69, 9.17) is 0 Å². The molecule has 2 fully saturated rings. The normalized spacial score (nSPS) is 38.5. The lowest BCUT2D eigenvalue weighted by Crippen LogP contribution is -2.25. The highest BCUT2D eigenvalue weighted by atomic mass is 14.7. The standard InChI is InChI=1S/C10H19B/c1-6-9(2,3)11-7-8(11)10(7,4)5/h7-8H,6H2,1-5H3. The van der Waals surface area contributed by atoms with Gasteiger partial charge in [0.2, 0.25) is 0 Å². The Morgan fingerprint density at radius 3 is 2.00 bits per heavy atom. The Morgan fingerprint density at radius 2 is 1.73 bits per heavy atom. The van der Waals surface area contributed by atoms with Crippen LogP contribution in [0.5, 0.6) is 0 Å². The minimum absolute atomic E-state index is 0.630. The summed E-state index contributed by atoms with van der Waals surface area (Å²) in [6.45, 7) is 13.1. The van der Waals surface area contributed by atoms with E-state index in [0.29, 0.717) is 5.31 Å². The second-order valence-electron chi connectivity index (χ2n) is 5.74. The number of hydrogen-bond acceptors (Lipinski definition) is 0. The second kappa shape index (κ2) is 1.70. The van der Waals surface area contributed by atoms with Crippen molar-refractivity contribution >= 4 is 6.71 Å². The van der Waals surface area contributed by atoms with Gasteiger partial charge in [-0.2, -0.15) is 0 Å². The van der Waals surface area contributed by atoms with Gasteiger partial charge in [-0.3, -0.25) is 0 Å². The van der Waals surface area contributed by atoms with Crippen LogP contribution in [0, 0.1) is 5.41 Å². The lowest BCUT2D eigenvalue weighted by Gasteiger charge is -2.29. The van der Waals surface area contributed by atoms with Crippen molar-refractivity contribution in [1.82, 2.24) is 0 Å². The van der Waals surface area contributed by atoms with Crippen molar-refractivity contribution in [3.63, 3.8) is 0 Å². The summed E-state index contributed by atoms with van der Waals surface area (Å²) in [4.78, 5) is 0. The molecule has 1 saturated carbocycles. The fraction of sp³-hybridized carbons (Fsp3) is 1.00. The average molecular weight is 150 g/mol. The molecule has 0 aromatic rings. The van der Waals surface area contributed by atoms with Crippen LogP contribution in [-0.4, -0.2) is 6.71 Å². The van der Waals surface area contributed by atoms with Crippen molar-refractivity contribution in [2.45, 2.75) is 58.0 Å². The van der Waals surface area contributed by atoms with E-state index in [2.05, 4.69) is 34.6 Å². The van der Waals surface area contributed by atoms with Crippen molar-refractivity contribution in [3.8, 4) is 0 Å². The monoisotopic (exact) mass is 150 g/mol. The highest BCUT2D eigenvalue weighted by molar-refractivity contribution is 6.82. The molecule has 2 unspecified atom stereocenters. The van der Waals surface area contributed by atoms with Crippen molar-refractivity contribution in [3.05, 3.63) is 0 Å². The fourth-order valence-corrected chi connectivity index (χ4v) is 3.04. The lowest BCUT2D eigenvalue weighted by molar-refractivity contribution is 0.564. The predicted molar refractivity (Wildman–Crippen MR) is 51.4 cm³/mol. The Hall–Kier alpha value is 0.0649. The van der Waals surface area contributed by atoms with E-state index < -0.39 is 0 Å². The molecule has 0 bridgehead atoms. The van der Waals surface area contributed by atoms with Crippen molar-refractivity contribution < 1.29 is 0 Å². The first-order valence-electron chi connectivity index (χ1n) is 4.93. The van der Waals surface area contributed by atoms with Crippen LogP contribution in [0.25, 0.3) is 0 Å². The minimum atomic E-state index is 0.630. The van der Waals surface area contributed by atoms with Gasteiger partial charge in [-0.15, -0.1) is 0 Å². The van der Waals surface area contributed by atoms with Crippen LogP contribution in [0.15, 0.2) is 0 Å². The molecule has 1 heterocycles. The third kappa shape index (κ3) is 0.775. The smallest absolute Gasteiger partial charge is 0.0665 e. The first-order chi connectivity index (χ1) is 4.93. The van der Waals surface area contributed by atoms with Crippen molar-refractivity contribution in [2.24, 2.45) is 5.41 Å². The highest BCUT2D eigenvalue weighted by Crippen LogP contribution is 2.90. The van der Waals surface area contributed by atoms with Gasteiger partial charge in [-0.05, 0) is 5.41 Å². The zero-order chi connectivity index (χ0) is 8.44.